The van der Waals surface area contributed by atoms with Gasteiger partial charge < -0.3 is 25.7 Å². The first-order valence-electron chi connectivity index (χ1n) is 5.97. The molecule has 96 valence electrons. The second-order valence-corrected chi connectivity index (χ2v) is 4.66. The predicted molar refractivity (Wildman–Crippen MR) is 60.0 cm³/mol. The van der Waals surface area contributed by atoms with Crippen LogP contribution in [0.2, 0.25) is 0 Å². The van der Waals surface area contributed by atoms with Crippen molar-refractivity contribution in [3.05, 3.63) is 0 Å². The molecule has 1 fully saturated rings. The van der Waals surface area contributed by atoms with E-state index in [0.29, 0.717) is 6.42 Å². The largest absolute Gasteiger partial charge is 0.394 e. The van der Waals surface area contributed by atoms with E-state index in [9.17, 15) is 20.4 Å². The Balaban J connectivity index is 2.63. The van der Waals surface area contributed by atoms with Gasteiger partial charge in [-0.2, -0.15) is 0 Å². The minimum absolute atomic E-state index is 0.199. The van der Waals surface area contributed by atoms with Gasteiger partial charge >= 0.3 is 0 Å². The molecule has 0 saturated carbocycles. The topological polar surface area (TPSA) is 93.0 Å². The highest BCUT2D eigenvalue weighted by Crippen LogP contribution is 2.26. The lowest BCUT2D eigenvalue weighted by atomic mass is 9.80. The van der Waals surface area contributed by atoms with Crippen LogP contribution in [-0.4, -0.2) is 57.4 Å². The Bertz CT molecular complexity index is 214. The SMILES string of the molecule is CCCCC[C@@]1(CO)NC[C@H](O)[C@@H](O)[C@@H]1O. The van der Waals surface area contributed by atoms with Crippen LogP contribution in [0, 0.1) is 0 Å². The van der Waals surface area contributed by atoms with Crippen molar-refractivity contribution in [1.82, 2.24) is 5.32 Å². The van der Waals surface area contributed by atoms with E-state index in [1.165, 1.54) is 0 Å². The fourth-order valence-electron chi connectivity index (χ4n) is 2.23. The molecule has 0 radical (unpaired) electrons. The van der Waals surface area contributed by atoms with E-state index in [-0.39, 0.29) is 13.2 Å². The average Bonchev–Trinajstić information content (AvgIpc) is 2.30. The molecule has 16 heavy (non-hydrogen) atoms. The Morgan fingerprint density at radius 3 is 2.50 bits per heavy atom. The fraction of sp³-hybridized carbons (Fsp3) is 1.00. The number of β-amino-alcohol motifs (C(OH)–C–C–N with tert-alkyl or cyclic N) is 1. The van der Waals surface area contributed by atoms with E-state index in [4.69, 9.17) is 0 Å². The van der Waals surface area contributed by atoms with Gasteiger partial charge in [0.05, 0.1) is 18.2 Å². The summed E-state index contributed by atoms with van der Waals surface area (Å²) in [5.41, 5.74) is -0.867. The van der Waals surface area contributed by atoms with E-state index in [1.54, 1.807) is 0 Å². The molecule has 5 N–H and O–H groups in total. The molecule has 0 amide bonds. The van der Waals surface area contributed by atoms with Crippen LogP contribution < -0.4 is 5.32 Å². The number of aliphatic hydroxyl groups is 4. The van der Waals surface area contributed by atoms with Crippen molar-refractivity contribution in [2.45, 2.75) is 56.5 Å². The summed E-state index contributed by atoms with van der Waals surface area (Å²) < 4.78 is 0. The molecule has 5 nitrogen and oxygen atoms in total. The molecule has 0 bridgehead atoms. The van der Waals surface area contributed by atoms with Crippen molar-refractivity contribution in [1.29, 1.82) is 0 Å². The molecular formula is C11H23NO4. The van der Waals surface area contributed by atoms with Crippen LogP contribution in [0.3, 0.4) is 0 Å². The predicted octanol–water partition coefficient (Wildman–Crippen LogP) is -1.02. The first kappa shape index (κ1) is 13.9. The third-order valence-corrected chi connectivity index (χ3v) is 3.46. The van der Waals surface area contributed by atoms with Gasteiger partial charge in [-0.15, -0.1) is 0 Å². The van der Waals surface area contributed by atoms with Crippen LogP contribution >= 0.6 is 0 Å². The van der Waals surface area contributed by atoms with Crippen molar-refractivity contribution in [3.63, 3.8) is 0 Å². The summed E-state index contributed by atoms with van der Waals surface area (Å²) in [4.78, 5) is 0. The highest BCUT2D eigenvalue weighted by atomic mass is 16.4. The molecule has 1 heterocycles. The molecule has 0 spiro atoms. The minimum Gasteiger partial charge on any atom is -0.394 e. The van der Waals surface area contributed by atoms with Gasteiger partial charge in [-0.1, -0.05) is 26.2 Å². The van der Waals surface area contributed by atoms with E-state index >= 15 is 0 Å². The maximum Gasteiger partial charge on any atom is 0.109 e. The van der Waals surface area contributed by atoms with Crippen LogP contribution in [0.5, 0.6) is 0 Å². The zero-order valence-corrected chi connectivity index (χ0v) is 9.76. The summed E-state index contributed by atoms with van der Waals surface area (Å²) in [6, 6.07) is 0. The molecule has 1 rings (SSSR count). The van der Waals surface area contributed by atoms with Crippen molar-refractivity contribution in [2.24, 2.45) is 0 Å². The Morgan fingerprint density at radius 1 is 1.25 bits per heavy atom. The van der Waals surface area contributed by atoms with Gasteiger partial charge in [-0.05, 0) is 6.42 Å². The Morgan fingerprint density at radius 2 is 1.94 bits per heavy atom. The molecule has 0 unspecified atom stereocenters. The molecule has 1 aliphatic heterocycles. The number of rotatable bonds is 5. The first-order chi connectivity index (χ1) is 7.57. The van der Waals surface area contributed by atoms with Crippen molar-refractivity contribution >= 4 is 0 Å². The Hall–Kier alpha value is -0.200. The number of nitrogens with one attached hydrogen (secondary N) is 1. The number of hydrogen-bond donors (Lipinski definition) is 5. The van der Waals surface area contributed by atoms with E-state index < -0.39 is 23.9 Å². The summed E-state index contributed by atoms with van der Waals surface area (Å²) >= 11 is 0. The standard InChI is InChI=1S/C11H23NO4/c1-2-3-4-5-11(7-13)10(16)9(15)8(14)6-12-11/h8-10,12-16H,2-7H2,1H3/t8-,9+,10-,11-/m0/s1. The average molecular weight is 233 g/mol. The second kappa shape index (κ2) is 5.93. The number of unbranched alkanes of at least 4 members (excludes halogenated alkanes) is 2. The minimum atomic E-state index is -1.19. The van der Waals surface area contributed by atoms with Crippen molar-refractivity contribution < 1.29 is 20.4 Å². The molecule has 1 aliphatic rings. The first-order valence-corrected chi connectivity index (χ1v) is 5.97. The third-order valence-electron chi connectivity index (χ3n) is 3.46. The maximum atomic E-state index is 9.93. The van der Waals surface area contributed by atoms with Crippen LogP contribution in [0.15, 0.2) is 0 Å². The second-order valence-electron chi connectivity index (χ2n) is 4.66. The highest BCUT2D eigenvalue weighted by Gasteiger charge is 2.46. The highest BCUT2D eigenvalue weighted by molar-refractivity contribution is 5.04. The van der Waals surface area contributed by atoms with Crippen LogP contribution in [0.25, 0.3) is 0 Å². The van der Waals surface area contributed by atoms with Gasteiger partial charge in [0.2, 0.25) is 0 Å². The van der Waals surface area contributed by atoms with Crippen LogP contribution in [0.4, 0.5) is 0 Å². The lowest BCUT2D eigenvalue weighted by Gasteiger charge is -2.45. The molecule has 0 aromatic carbocycles. The lowest BCUT2D eigenvalue weighted by Crippen LogP contribution is -2.69. The zero-order chi connectivity index (χ0) is 12.2. The summed E-state index contributed by atoms with van der Waals surface area (Å²) in [6.07, 6.45) is 0.276. The smallest absolute Gasteiger partial charge is 0.109 e. The molecule has 0 aromatic rings. The van der Waals surface area contributed by atoms with Gasteiger partial charge in [0.1, 0.15) is 12.2 Å². The van der Waals surface area contributed by atoms with Gasteiger partial charge in [0, 0.05) is 6.54 Å². The lowest BCUT2D eigenvalue weighted by molar-refractivity contribution is -0.135. The van der Waals surface area contributed by atoms with E-state index in [0.717, 1.165) is 19.3 Å². The quantitative estimate of drug-likeness (QED) is 0.392. The van der Waals surface area contributed by atoms with Gasteiger partial charge in [-0.25, -0.2) is 0 Å². The molecular weight excluding hydrogens is 210 g/mol. The fourth-order valence-corrected chi connectivity index (χ4v) is 2.23. The summed E-state index contributed by atoms with van der Waals surface area (Å²) in [6.45, 7) is 2.04. The third kappa shape index (κ3) is 2.73. The Labute approximate surface area is 96.1 Å². The zero-order valence-electron chi connectivity index (χ0n) is 9.76. The van der Waals surface area contributed by atoms with E-state index in [2.05, 4.69) is 12.2 Å². The molecule has 0 aromatic heterocycles. The summed E-state index contributed by atoms with van der Waals surface area (Å²) in [5, 5.41) is 41.3. The van der Waals surface area contributed by atoms with E-state index in [1.807, 2.05) is 0 Å². The van der Waals surface area contributed by atoms with Gasteiger partial charge in [0.25, 0.3) is 0 Å². The van der Waals surface area contributed by atoms with Gasteiger partial charge in [0.15, 0.2) is 0 Å². The van der Waals surface area contributed by atoms with Crippen LogP contribution in [-0.2, 0) is 0 Å². The van der Waals surface area contributed by atoms with Crippen molar-refractivity contribution in [3.8, 4) is 0 Å². The number of piperidine rings is 1. The molecule has 4 atom stereocenters. The molecule has 0 aliphatic carbocycles. The molecule has 1 saturated heterocycles. The maximum absolute atomic E-state index is 9.93. The number of hydrogen-bond acceptors (Lipinski definition) is 5. The normalized spacial score (nSPS) is 39.9. The summed E-state index contributed by atoms with van der Waals surface area (Å²) in [5.74, 6) is 0. The van der Waals surface area contributed by atoms with Crippen LogP contribution in [0.1, 0.15) is 32.6 Å². The van der Waals surface area contributed by atoms with Crippen molar-refractivity contribution in [2.75, 3.05) is 13.2 Å². The number of aliphatic hydroxyl groups excluding tert-OH is 4. The summed E-state index contributed by atoms with van der Waals surface area (Å²) in [7, 11) is 0. The molecule has 5 heteroatoms. The Kier molecular flexibility index (Phi) is 5.14. The van der Waals surface area contributed by atoms with Gasteiger partial charge in [-0.3, -0.25) is 0 Å². The monoisotopic (exact) mass is 233 g/mol.